The molecular weight excluding hydrogens is 302 g/mol. The molecule has 0 aliphatic carbocycles. The predicted molar refractivity (Wildman–Crippen MR) is 73.6 cm³/mol. The van der Waals surface area contributed by atoms with E-state index in [1.807, 2.05) is 20.8 Å². The van der Waals surface area contributed by atoms with Crippen molar-refractivity contribution in [1.29, 1.82) is 0 Å². The van der Waals surface area contributed by atoms with Gasteiger partial charge in [0.1, 0.15) is 0 Å². The molecule has 1 atom stereocenters. The van der Waals surface area contributed by atoms with Crippen molar-refractivity contribution in [2.24, 2.45) is 0 Å². The highest BCUT2D eigenvalue weighted by Crippen LogP contribution is 2.23. The molecule has 0 N–H and O–H groups in total. The van der Waals surface area contributed by atoms with Crippen LogP contribution in [0.2, 0.25) is 0 Å². The van der Waals surface area contributed by atoms with Gasteiger partial charge in [-0.15, -0.1) is 0 Å². The number of aryl methyl sites for hydroxylation is 1. The van der Waals surface area contributed by atoms with Gasteiger partial charge in [-0.05, 0) is 44.0 Å². The zero-order valence-corrected chi connectivity index (χ0v) is 13.0. The maximum Gasteiger partial charge on any atom is 0.243 e. The number of nitrogens with zero attached hydrogens (tertiary/aromatic N) is 1. The molecule has 0 aromatic heterocycles. The van der Waals surface area contributed by atoms with Crippen LogP contribution in [0.25, 0.3) is 0 Å². The van der Waals surface area contributed by atoms with Gasteiger partial charge in [-0.25, -0.2) is 8.42 Å². The fourth-order valence-electron chi connectivity index (χ4n) is 1.44. The first-order valence-electron chi connectivity index (χ1n) is 5.55. The van der Waals surface area contributed by atoms with Crippen LogP contribution < -0.4 is 0 Å². The van der Waals surface area contributed by atoms with E-state index in [1.54, 1.807) is 25.2 Å². The normalized spacial score (nSPS) is 14.0. The molecule has 0 radical (unpaired) electrons. The summed E-state index contributed by atoms with van der Waals surface area (Å²) < 4.78 is 27.0. The summed E-state index contributed by atoms with van der Waals surface area (Å²) in [6.45, 7) is 5.76. The fraction of sp³-hybridized carbons (Fsp3) is 0.500. The Morgan fingerprint density at radius 2 is 2.00 bits per heavy atom. The van der Waals surface area contributed by atoms with Crippen molar-refractivity contribution in [3.63, 3.8) is 0 Å². The van der Waals surface area contributed by atoms with Crippen LogP contribution in [0.3, 0.4) is 0 Å². The van der Waals surface area contributed by atoms with Gasteiger partial charge in [0.25, 0.3) is 0 Å². The van der Waals surface area contributed by atoms with Crippen LogP contribution in [0.1, 0.15) is 25.8 Å². The molecule has 0 spiro atoms. The molecule has 0 saturated carbocycles. The molecule has 1 aromatic rings. The van der Waals surface area contributed by atoms with Gasteiger partial charge in [0.05, 0.1) is 4.90 Å². The first-order chi connectivity index (χ1) is 7.80. The van der Waals surface area contributed by atoms with Crippen LogP contribution in [0.15, 0.2) is 27.6 Å². The molecule has 0 saturated heterocycles. The standard InChI is InChI=1S/C12H18BrNO2S/c1-5-10(3)14(4)17(15,16)11-6-7-12(13)9(2)8-11/h6-8,10H,5H2,1-4H3. The molecule has 5 heteroatoms. The minimum atomic E-state index is -3.38. The second-order valence-electron chi connectivity index (χ2n) is 4.19. The summed E-state index contributed by atoms with van der Waals surface area (Å²) in [6, 6.07) is 5.10. The van der Waals surface area contributed by atoms with E-state index in [2.05, 4.69) is 15.9 Å². The average molecular weight is 320 g/mol. The third-order valence-electron chi connectivity index (χ3n) is 3.02. The third kappa shape index (κ3) is 3.09. The molecule has 96 valence electrons. The monoisotopic (exact) mass is 319 g/mol. The summed E-state index contributed by atoms with van der Waals surface area (Å²) in [7, 11) is -1.75. The second-order valence-corrected chi connectivity index (χ2v) is 7.04. The summed E-state index contributed by atoms with van der Waals surface area (Å²) in [5.74, 6) is 0. The Labute approximate surface area is 112 Å². The van der Waals surface area contributed by atoms with E-state index in [9.17, 15) is 8.42 Å². The Bertz CT molecular complexity index is 499. The van der Waals surface area contributed by atoms with Gasteiger partial charge in [0.15, 0.2) is 0 Å². The lowest BCUT2D eigenvalue weighted by atomic mass is 10.2. The highest BCUT2D eigenvalue weighted by atomic mass is 79.9. The number of benzene rings is 1. The van der Waals surface area contributed by atoms with Gasteiger partial charge in [-0.3, -0.25) is 0 Å². The SMILES string of the molecule is CCC(C)N(C)S(=O)(=O)c1ccc(Br)c(C)c1. The van der Waals surface area contributed by atoms with E-state index in [-0.39, 0.29) is 6.04 Å². The van der Waals surface area contributed by atoms with Crippen molar-refractivity contribution in [2.45, 2.75) is 38.1 Å². The largest absolute Gasteiger partial charge is 0.243 e. The average Bonchev–Trinajstić information content (AvgIpc) is 2.30. The molecule has 0 fully saturated rings. The number of halogens is 1. The Morgan fingerprint density at radius 1 is 1.41 bits per heavy atom. The van der Waals surface area contributed by atoms with Crippen LogP contribution in [0.5, 0.6) is 0 Å². The molecule has 0 aliphatic rings. The van der Waals surface area contributed by atoms with E-state index in [0.717, 1.165) is 16.5 Å². The number of hydrogen-bond donors (Lipinski definition) is 0. The Balaban J connectivity index is 3.17. The van der Waals surface area contributed by atoms with Crippen molar-refractivity contribution >= 4 is 26.0 Å². The first-order valence-corrected chi connectivity index (χ1v) is 7.78. The highest BCUT2D eigenvalue weighted by Gasteiger charge is 2.24. The lowest BCUT2D eigenvalue weighted by Gasteiger charge is -2.23. The highest BCUT2D eigenvalue weighted by molar-refractivity contribution is 9.10. The van der Waals surface area contributed by atoms with Crippen LogP contribution >= 0.6 is 15.9 Å². The third-order valence-corrected chi connectivity index (χ3v) is 5.88. The lowest BCUT2D eigenvalue weighted by Crippen LogP contribution is -2.34. The number of rotatable bonds is 4. The Morgan fingerprint density at radius 3 is 2.47 bits per heavy atom. The van der Waals surface area contributed by atoms with Gasteiger partial charge < -0.3 is 0 Å². The number of sulfonamides is 1. The van der Waals surface area contributed by atoms with Crippen LogP contribution in [-0.2, 0) is 10.0 Å². The lowest BCUT2D eigenvalue weighted by molar-refractivity contribution is 0.380. The fourth-order valence-corrected chi connectivity index (χ4v) is 3.21. The molecule has 17 heavy (non-hydrogen) atoms. The van der Waals surface area contributed by atoms with E-state index in [0.29, 0.717) is 4.90 Å². The Kier molecular flexibility index (Phi) is 4.75. The van der Waals surface area contributed by atoms with E-state index in [4.69, 9.17) is 0 Å². The zero-order valence-electron chi connectivity index (χ0n) is 10.6. The molecule has 1 aromatic carbocycles. The van der Waals surface area contributed by atoms with Crippen LogP contribution in [-0.4, -0.2) is 25.8 Å². The minimum absolute atomic E-state index is 0.00366. The van der Waals surface area contributed by atoms with Crippen LogP contribution in [0, 0.1) is 6.92 Å². The minimum Gasteiger partial charge on any atom is -0.207 e. The molecular formula is C12H18BrNO2S. The van der Waals surface area contributed by atoms with E-state index in [1.165, 1.54) is 4.31 Å². The maximum atomic E-state index is 12.3. The first kappa shape index (κ1) is 14.7. The molecule has 1 rings (SSSR count). The van der Waals surface area contributed by atoms with Gasteiger partial charge >= 0.3 is 0 Å². The summed E-state index contributed by atoms with van der Waals surface area (Å²) >= 11 is 3.37. The summed E-state index contributed by atoms with van der Waals surface area (Å²) in [5.41, 5.74) is 0.920. The zero-order chi connectivity index (χ0) is 13.2. The van der Waals surface area contributed by atoms with Crippen molar-refractivity contribution in [1.82, 2.24) is 4.31 Å². The maximum absolute atomic E-state index is 12.3. The second kappa shape index (κ2) is 5.50. The van der Waals surface area contributed by atoms with Crippen LogP contribution in [0.4, 0.5) is 0 Å². The topological polar surface area (TPSA) is 37.4 Å². The summed E-state index contributed by atoms with van der Waals surface area (Å²) in [6.07, 6.45) is 0.797. The quantitative estimate of drug-likeness (QED) is 0.854. The van der Waals surface area contributed by atoms with Crippen molar-refractivity contribution < 1.29 is 8.42 Å². The van der Waals surface area contributed by atoms with Crippen molar-refractivity contribution in [2.75, 3.05) is 7.05 Å². The summed E-state index contributed by atoms with van der Waals surface area (Å²) in [5, 5.41) is 0. The summed E-state index contributed by atoms with van der Waals surface area (Å²) in [4.78, 5) is 0.348. The number of hydrogen-bond acceptors (Lipinski definition) is 2. The van der Waals surface area contributed by atoms with E-state index < -0.39 is 10.0 Å². The molecule has 0 heterocycles. The van der Waals surface area contributed by atoms with Gasteiger partial charge in [0.2, 0.25) is 10.0 Å². The molecule has 3 nitrogen and oxygen atoms in total. The molecule has 0 bridgehead atoms. The predicted octanol–water partition coefficient (Wildman–Crippen LogP) is 3.18. The molecule has 1 unspecified atom stereocenters. The van der Waals surface area contributed by atoms with Gasteiger partial charge in [-0.2, -0.15) is 4.31 Å². The molecule has 0 aliphatic heterocycles. The smallest absolute Gasteiger partial charge is 0.207 e. The van der Waals surface area contributed by atoms with Gasteiger partial charge in [-0.1, -0.05) is 22.9 Å². The molecule has 0 amide bonds. The van der Waals surface area contributed by atoms with Crippen molar-refractivity contribution in [3.05, 3.63) is 28.2 Å². The van der Waals surface area contributed by atoms with Crippen molar-refractivity contribution in [3.8, 4) is 0 Å². The van der Waals surface area contributed by atoms with E-state index >= 15 is 0 Å². The Hall–Kier alpha value is -0.390. The van der Waals surface area contributed by atoms with Gasteiger partial charge in [0, 0.05) is 17.6 Å².